The van der Waals surface area contributed by atoms with Gasteiger partial charge in [0.1, 0.15) is 5.82 Å². The van der Waals surface area contributed by atoms with Gasteiger partial charge in [-0.1, -0.05) is 6.07 Å². The number of rotatable bonds is 5. The Balaban J connectivity index is 1.26. The molecule has 40 heavy (non-hydrogen) atoms. The molecule has 0 aliphatic carbocycles. The quantitative estimate of drug-likeness (QED) is 0.249. The topological polar surface area (TPSA) is 115 Å². The summed E-state index contributed by atoms with van der Waals surface area (Å²) in [6.07, 6.45) is 1.71. The molecule has 0 bridgehead atoms. The van der Waals surface area contributed by atoms with Gasteiger partial charge in [-0.15, -0.1) is 0 Å². The van der Waals surface area contributed by atoms with E-state index in [0.29, 0.717) is 40.1 Å². The van der Waals surface area contributed by atoms with E-state index in [4.69, 9.17) is 0 Å². The molecular weight excluding hydrogens is 516 g/mol. The molecule has 0 fully saturated rings. The van der Waals surface area contributed by atoms with Crippen LogP contribution in [0, 0.1) is 32.4 Å². The molecule has 1 aliphatic rings. The summed E-state index contributed by atoms with van der Waals surface area (Å²) in [5.41, 5.74) is 6.17. The molecule has 4 heterocycles. The molecule has 0 saturated carbocycles. The number of nitrogens with one attached hydrogen (secondary N) is 3. The standard InChI is InChI=1S/C28H25F2N9O/c1-14-5-7-18(33-27-35-22-10-19(29)20(30)11-23(22)36-27)9-24(14)39-13-17-12-31-26(37-25(17)38(4)28(39)40)34-21-8-6-15(2)32-16(21)3/h5-12H,13H2,1-4H3,(H,31,34,37)(H2,33,35,36). The third-order valence-corrected chi connectivity index (χ3v) is 6.76. The van der Waals surface area contributed by atoms with E-state index in [2.05, 4.69) is 35.6 Å². The summed E-state index contributed by atoms with van der Waals surface area (Å²) < 4.78 is 27.2. The zero-order chi connectivity index (χ0) is 28.1. The van der Waals surface area contributed by atoms with E-state index < -0.39 is 11.6 Å². The van der Waals surface area contributed by atoms with Gasteiger partial charge in [0.2, 0.25) is 11.9 Å². The van der Waals surface area contributed by atoms with Gasteiger partial charge in [-0.2, -0.15) is 4.98 Å². The smallest absolute Gasteiger partial charge is 0.326 e. The molecule has 0 spiro atoms. The summed E-state index contributed by atoms with van der Waals surface area (Å²) >= 11 is 0. The first kappa shape index (κ1) is 25.2. The third kappa shape index (κ3) is 4.53. The predicted molar refractivity (Wildman–Crippen MR) is 149 cm³/mol. The Kier molecular flexibility index (Phi) is 6.01. The lowest BCUT2D eigenvalue weighted by molar-refractivity contribution is 0.251. The number of anilines is 6. The zero-order valence-corrected chi connectivity index (χ0v) is 22.2. The minimum absolute atomic E-state index is 0.250. The summed E-state index contributed by atoms with van der Waals surface area (Å²) in [7, 11) is 1.67. The van der Waals surface area contributed by atoms with Gasteiger partial charge in [0.25, 0.3) is 0 Å². The summed E-state index contributed by atoms with van der Waals surface area (Å²) in [5, 5.41) is 6.31. The van der Waals surface area contributed by atoms with E-state index in [1.165, 1.54) is 4.90 Å². The number of hydrogen-bond donors (Lipinski definition) is 3. The number of carbonyl (C=O) groups is 1. The van der Waals surface area contributed by atoms with Gasteiger partial charge in [0, 0.05) is 42.3 Å². The van der Waals surface area contributed by atoms with E-state index in [1.807, 2.05) is 51.1 Å². The van der Waals surface area contributed by atoms with E-state index in [0.717, 1.165) is 40.3 Å². The van der Waals surface area contributed by atoms with Crippen molar-refractivity contribution >= 4 is 51.8 Å². The van der Waals surface area contributed by atoms with Crippen molar-refractivity contribution < 1.29 is 13.6 Å². The Morgan fingerprint density at radius 3 is 2.55 bits per heavy atom. The normalized spacial score (nSPS) is 13.1. The van der Waals surface area contributed by atoms with Gasteiger partial charge in [-0.3, -0.25) is 14.8 Å². The lowest BCUT2D eigenvalue weighted by Gasteiger charge is -2.35. The Labute approximate surface area is 228 Å². The number of urea groups is 1. The number of imidazole rings is 1. The second-order valence-corrected chi connectivity index (χ2v) is 9.68. The minimum atomic E-state index is -0.967. The molecule has 202 valence electrons. The lowest BCUT2D eigenvalue weighted by atomic mass is 10.1. The first-order valence-electron chi connectivity index (χ1n) is 12.5. The van der Waals surface area contributed by atoms with Crippen LogP contribution in [0.25, 0.3) is 11.0 Å². The fourth-order valence-electron chi connectivity index (χ4n) is 4.68. The van der Waals surface area contributed by atoms with Crippen molar-refractivity contribution in [3.8, 4) is 0 Å². The van der Waals surface area contributed by atoms with Crippen LogP contribution < -0.4 is 20.4 Å². The van der Waals surface area contributed by atoms with Gasteiger partial charge in [0.05, 0.1) is 34.6 Å². The Hall–Kier alpha value is -5.13. The molecule has 3 aromatic heterocycles. The lowest BCUT2D eigenvalue weighted by Crippen LogP contribution is -2.46. The average Bonchev–Trinajstić information content (AvgIpc) is 3.30. The molecule has 6 rings (SSSR count). The maximum Gasteiger partial charge on any atom is 0.330 e. The first-order chi connectivity index (χ1) is 19.2. The zero-order valence-electron chi connectivity index (χ0n) is 22.2. The summed E-state index contributed by atoms with van der Waals surface area (Å²) in [6, 6.07) is 11.2. The number of aryl methyl sites for hydroxylation is 3. The second kappa shape index (κ2) is 9.56. The van der Waals surface area contributed by atoms with Crippen molar-refractivity contribution in [1.82, 2.24) is 24.9 Å². The van der Waals surface area contributed by atoms with Gasteiger partial charge in [-0.05, 0) is 50.6 Å². The summed E-state index contributed by atoms with van der Waals surface area (Å²) in [6.45, 7) is 6.02. The van der Waals surface area contributed by atoms with Crippen LogP contribution in [0.1, 0.15) is 22.5 Å². The van der Waals surface area contributed by atoms with Crippen LogP contribution in [0.5, 0.6) is 0 Å². The summed E-state index contributed by atoms with van der Waals surface area (Å²) in [5.74, 6) is -0.721. The molecule has 5 aromatic rings. The molecule has 0 atom stereocenters. The number of halogens is 2. The second-order valence-electron chi connectivity index (χ2n) is 9.68. The fourth-order valence-corrected chi connectivity index (χ4v) is 4.68. The molecule has 0 radical (unpaired) electrons. The Morgan fingerprint density at radius 1 is 0.950 bits per heavy atom. The van der Waals surface area contributed by atoms with E-state index in [1.54, 1.807) is 18.1 Å². The highest BCUT2D eigenvalue weighted by molar-refractivity contribution is 6.05. The number of pyridine rings is 1. The van der Waals surface area contributed by atoms with Crippen molar-refractivity contribution in [1.29, 1.82) is 0 Å². The highest BCUT2D eigenvalue weighted by Gasteiger charge is 2.31. The van der Waals surface area contributed by atoms with Crippen LogP contribution >= 0.6 is 0 Å². The van der Waals surface area contributed by atoms with Crippen molar-refractivity contribution in [2.75, 3.05) is 27.5 Å². The highest BCUT2D eigenvalue weighted by Crippen LogP contribution is 2.34. The number of benzene rings is 2. The fraction of sp³-hybridized carbons (Fsp3) is 0.179. The monoisotopic (exact) mass is 541 g/mol. The molecule has 1 aliphatic heterocycles. The van der Waals surface area contributed by atoms with Crippen LogP contribution in [0.4, 0.5) is 48.4 Å². The molecule has 0 saturated heterocycles. The Bertz CT molecular complexity index is 1760. The van der Waals surface area contributed by atoms with Crippen LogP contribution in [0.2, 0.25) is 0 Å². The number of aromatic amines is 1. The van der Waals surface area contributed by atoms with Crippen molar-refractivity contribution in [3.05, 3.63) is 82.8 Å². The molecule has 2 aromatic carbocycles. The minimum Gasteiger partial charge on any atom is -0.326 e. The SMILES string of the molecule is Cc1ccc(Nc2ncc3c(n2)N(C)C(=O)N(c2cc(Nc4nc5cc(F)c(F)cc5[nH]4)ccc2C)C3)c(C)n1. The average molecular weight is 542 g/mol. The first-order valence-corrected chi connectivity index (χ1v) is 12.5. The number of fused-ring (bicyclic) bond motifs is 2. The van der Waals surface area contributed by atoms with Crippen LogP contribution in [0.3, 0.4) is 0 Å². The number of carbonyl (C=O) groups excluding carboxylic acids is 1. The molecule has 10 nitrogen and oxygen atoms in total. The third-order valence-electron chi connectivity index (χ3n) is 6.76. The van der Waals surface area contributed by atoms with E-state index >= 15 is 0 Å². The van der Waals surface area contributed by atoms with E-state index in [9.17, 15) is 13.6 Å². The number of amides is 2. The van der Waals surface area contributed by atoms with Gasteiger partial charge in [0.15, 0.2) is 11.6 Å². The molecule has 2 amide bonds. The Morgan fingerprint density at radius 2 is 1.75 bits per heavy atom. The van der Waals surface area contributed by atoms with Gasteiger partial charge in [-0.25, -0.2) is 23.5 Å². The van der Waals surface area contributed by atoms with Gasteiger partial charge < -0.3 is 15.6 Å². The van der Waals surface area contributed by atoms with Crippen molar-refractivity contribution in [2.45, 2.75) is 27.3 Å². The van der Waals surface area contributed by atoms with Crippen molar-refractivity contribution in [3.63, 3.8) is 0 Å². The molecule has 3 N–H and O–H groups in total. The molecule has 12 heteroatoms. The van der Waals surface area contributed by atoms with Crippen molar-refractivity contribution in [2.24, 2.45) is 0 Å². The number of nitrogens with zero attached hydrogens (tertiary/aromatic N) is 6. The van der Waals surface area contributed by atoms with Gasteiger partial charge >= 0.3 is 6.03 Å². The number of hydrogen-bond acceptors (Lipinski definition) is 7. The van der Waals surface area contributed by atoms with Crippen LogP contribution in [-0.2, 0) is 6.54 Å². The molecule has 0 unspecified atom stereocenters. The highest BCUT2D eigenvalue weighted by atomic mass is 19.2. The predicted octanol–water partition coefficient (Wildman–Crippen LogP) is 6.01. The van der Waals surface area contributed by atoms with Crippen LogP contribution in [-0.4, -0.2) is 38.0 Å². The number of aromatic nitrogens is 5. The summed E-state index contributed by atoms with van der Waals surface area (Å²) in [4.78, 5) is 37.4. The maximum absolute atomic E-state index is 13.6. The van der Waals surface area contributed by atoms with Crippen LogP contribution in [0.15, 0.2) is 48.7 Å². The van der Waals surface area contributed by atoms with E-state index in [-0.39, 0.29) is 12.6 Å². The largest absolute Gasteiger partial charge is 0.330 e. The molecular formula is C28H25F2N9O. The maximum atomic E-state index is 13.6. The number of H-pyrrole nitrogens is 1.